The minimum atomic E-state index is -0.101. The lowest BCUT2D eigenvalue weighted by Gasteiger charge is -2.07. The summed E-state index contributed by atoms with van der Waals surface area (Å²) >= 11 is 0. The number of Topliss-reactive ketones (excluding diaryl/α,β-unsaturated/α-hetero) is 1. The highest BCUT2D eigenvalue weighted by atomic mass is 16.1. The first-order valence-corrected chi connectivity index (χ1v) is 9.16. The number of aromatic nitrogens is 1. The number of amides is 1. The Labute approximate surface area is 158 Å². The van der Waals surface area contributed by atoms with Crippen LogP contribution >= 0.6 is 0 Å². The second-order valence-corrected chi connectivity index (χ2v) is 6.49. The van der Waals surface area contributed by atoms with E-state index in [-0.39, 0.29) is 11.7 Å². The number of hydrogen-bond donors (Lipinski definition) is 2. The lowest BCUT2D eigenvalue weighted by Crippen LogP contribution is -2.24. The first-order valence-electron chi connectivity index (χ1n) is 9.16. The summed E-state index contributed by atoms with van der Waals surface area (Å²) < 4.78 is 0. The molecular formula is C22H23N3O2. The average Bonchev–Trinajstić information content (AvgIpc) is 2.70. The Balaban J connectivity index is 1.39. The second-order valence-electron chi connectivity index (χ2n) is 6.49. The molecule has 0 aliphatic heterocycles. The molecule has 138 valence electrons. The predicted molar refractivity (Wildman–Crippen MR) is 108 cm³/mol. The van der Waals surface area contributed by atoms with Crippen molar-refractivity contribution in [3.05, 3.63) is 71.9 Å². The van der Waals surface area contributed by atoms with Gasteiger partial charge in [0.25, 0.3) is 5.91 Å². The molecule has 0 aliphatic carbocycles. The van der Waals surface area contributed by atoms with E-state index in [1.54, 1.807) is 24.4 Å². The Morgan fingerprint density at radius 1 is 0.963 bits per heavy atom. The average molecular weight is 361 g/mol. The molecule has 2 aromatic carbocycles. The number of carbonyl (C=O) groups excluding carboxylic acids is 2. The first-order chi connectivity index (χ1) is 13.1. The molecule has 0 saturated carbocycles. The highest BCUT2D eigenvalue weighted by molar-refractivity contribution is 6.00. The number of unbranched alkanes of at least 4 members (excludes halogenated alkanes) is 2. The Morgan fingerprint density at radius 3 is 2.67 bits per heavy atom. The van der Waals surface area contributed by atoms with Crippen molar-refractivity contribution in [2.45, 2.75) is 25.7 Å². The van der Waals surface area contributed by atoms with E-state index < -0.39 is 0 Å². The van der Waals surface area contributed by atoms with E-state index in [1.165, 1.54) is 0 Å². The molecule has 0 fully saturated rings. The van der Waals surface area contributed by atoms with Gasteiger partial charge in [-0.15, -0.1) is 0 Å². The minimum absolute atomic E-state index is 0.0702. The van der Waals surface area contributed by atoms with E-state index in [1.807, 2.05) is 36.4 Å². The van der Waals surface area contributed by atoms with Gasteiger partial charge in [0.05, 0.1) is 5.52 Å². The lowest BCUT2D eigenvalue weighted by atomic mass is 10.0. The van der Waals surface area contributed by atoms with Gasteiger partial charge in [0, 0.05) is 41.4 Å². The van der Waals surface area contributed by atoms with Gasteiger partial charge in [-0.25, -0.2) is 0 Å². The topological polar surface area (TPSA) is 85.1 Å². The summed E-state index contributed by atoms with van der Waals surface area (Å²) in [6.45, 7) is 0.584. The van der Waals surface area contributed by atoms with Crippen molar-refractivity contribution in [2.24, 2.45) is 0 Å². The van der Waals surface area contributed by atoms with Crippen LogP contribution in [0.5, 0.6) is 0 Å². The fraction of sp³-hybridized carbons (Fsp3) is 0.227. The number of nitrogens with zero attached hydrogens (tertiary/aromatic N) is 1. The molecule has 0 bridgehead atoms. The molecule has 1 heterocycles. The van der Waals surface area contributed by atoms with E-state index >= 15 is 0 Å². The van der Waals surface area contributed by atoms with E-state index in [4.69, 9.17) is 5.73 Å². The number of benzene rings is 2. The van der Waals surface area contributed by atoms with Gasteiger partial charge in [0.15, 0.2) is 5.78 Å². The quantitative estimate of drug-likeness (QED) is 0.361. The van der Waals surface area contributed by atoms with Crippen LogP contribution in [0.2, 0.25) is 0 Å². The maximum Gasteiger partial charge on any atom is 0.251 e. The molecular weight excluding hydrogens is 338 g/mol. The van der Waals surface area contributed by atoms with Crippen LogP contribution in [0.4, 0.5) is 5.69 Å². The molecule has 1 amide bonds. The first kappa shape index (κ1) is 18.6. The van der Waals surface area contributed by atoms with Gasteiger partial charge < -0.3 is 11.1 Å². The number of fused-ring (bicyclic) bond motifs is 1. The number of pyridine rings is 1. The van der Waals surface area contributed by atoms with Gasteiger partial charge >= 0.3 is 0 Å². The van der Waals surface area contributed by atoms with Crippen LogP contribution in [-0.4, -0.2) is 23.2 Å². The van der Waals surface area contributed by atoms with Crippen molar-refractivity contribution in [1.82, 2.24) is 10.3 Å². The molecule has 0 saturated heterocycles. The number of ketones is 1. The molecule has 3 rings (SSSR count). The summed E-state index contributed by atoms with van der Waals surface area (Å²) in [5.41, 5.74) is 8.36. The summed E-state index contributed by atoms with van der Waals surface area (Å²) in [4.78, 5) is 28.7. The van der Waals surface area contributed by atoms with Crippen molar-refractivity contribution in [2.75, 3.05) is 12.3 Å². The number of rotatable bonds is 8. The Hall–Kier alpha value is -3.21. The maximum atomic E-state index is 12.2. The standard InChI is InChI=1S/C22H23N3O2/c23-19-9-4-3-8-18(19)21(26)10-2-1-5-13-25-22(27)17-12-11-16-7-6-14-24-20(16)15-17/h3-4,6-9,11-12,14-15H,1-2,5,10,13,23H2,(H,25,27). The molecule has 0 radical (unpaired) electrons. The van der Waals surface area contributed by atoms with Crippen LogP contribution in [0.15, 0.2) is 60.8 Å². The van der Waals surface area contributed by atoms with E-state index in [0.717, 1.165) is 30.2 Å². The second kappa shape index (κ2) is 8.94. The van der Waals surface area contributed by atoms with E-state index in [0.29, 0.717) is 29.8 Å². The number of nitrogens with one attached hydrogen (secondary N) is 1. The van der Waals surface area contributed by atoms with Crippen LogP contribution in [0.25, 0.3) is 10.9 Å². The van der Waals surface area contributed by atoms with Crippen LogP contribution in [0.3, 0.4) is 0 Å². The zero-order valence-electron chi connectivity index (χ0n) is 15.2. The van der Waals surface area contributed by atoms with Crippen molar-refractivity contribution in [3.8, 4) is 0 Å². The van der Waals surface area contributed by atoms with Gasteiger partial charge in [0.2, 0.25) is 0 Å². The lowest BCUT2D eigenvalue weighted by molar-refractivity contribution is 0.0947. The number of anilines is 1. The van der Waals surface area contributed by atoms with Crippen LogP contribution < -0.4 is 11.1 Å². The summed E-state index contributed by atoms with van der Waals surface area (Å²) in [5.74, 6) is -0.0310. The number of carbonyl (C=O) groups is 2. The van der Waals surface area contributed by atoms with Crippen molar-refractivity contribution < 1.29 is 9.59 Å². The number of para-hydroxylation sites is 1. The SMILES string of the molecule is Nc1ccccc1C(=O)CCCCCNC(=O)c1ccc2cccnc2c1. The van der Waals surface area contributed by atoms with Crippen molar-refractivity contribution >= 4 is 28.3 Å². The van der Waals surface area contributed by atoms with Gasteiger partial charge in [-0.05, 0) is 43.2 Å². The molecule has 27 heavy (non-hydrogen) atoms. The third-order valence-corrected chi connectivity index (χ3v) is 4.50. The highest BCUT2D eigenvalue weighted by Crippen LogP contribution is 2.15. The third kappa shape index (κ3) is 4.91. The largest absolute Gasteiger partial charge is 0.398 e. The summed E-state index contributed by atoms with van der Waals surface area (Å²) in [6, 6.07) is 16.5. The van der Waals surface area contributed by atoms with Crippen LogP contribution in [0, 0.1) is 0 Å². The van der Waals surface area contributed by atoms with Crippen LogP contribution in [-0.2, 0) is 0 Å². The van der Waals surface area contributed by atoms with Gasteiger partial charge in [-0.2, -0.15) is 0 Å². The summed E-state index contributed by atoms with van der Waals surface area (Å²) in [7, 11) is 0. The predicted octanol–water partition coefficient (Wildman–Crippen LogP) is 3.99. The summed E-state index contributed by atoms with van der Waals surface area (Å²) in [6.07, 6.45) is 4.67. The fourth-order valence-corrected chi connectivity index (χ4v) is 2.98. The van der Waals surface area contributed by atoms with Gasteiger partial charge in [-0.1, -0.05) is 30.7 Å². The Morgan fingerprint density at radius 2 is 1.81 bits per heavy atom. The molecule has 3 N–H and O–H groups in total. The maximum absolute atomic E-state index is 12.2. The Bertz CT molecular complexity index is 953. The van der Waals surface area contributed by atoms with Gasteiger partial charge in [-0.3, -0.25) is 14.6 Å². The monoisotopic (exact) mass is 361 g/mol. The fourth-order valence-electron chi connectivity index (χ4n) is 2.98. The van der Waals surface area contributed by atoms with Gasteiger partial charge in [0.1, 0.15) is 0 Å². The molecule has 0 spiro atoms. The van der Waals surface area contributed by atoms with Crippen LogP contribution in [0.1, 0.15) is 46.4 Å². The number of nitrogen functional groups attached to an aromatic ring is 1. The number of hydrogen-bond acceptors (Lipinski definition) is 4. The van der Waals surface area contributed by atoms with Crippen molar-refractivity contribution in [3.63, 3.8) is 0 Å². The third-order valence-electron chi connectivity index (χ3n) is 4.50. The van der Waals surface area contributed by atoms with E-state index in [2.05, 4.69) is 10.3 Å². The molecule has 0 aliphatic rings. The molecule has 3 aromatic rings. The minimum Gasteiger partial charge on any atom is -0.398 e. The zero-order chi connectivity index (χ0) is 19.1. The zero-order valence-corrected chi connectivity index (χ0v) is 15.2. The molecule has 0 atom stereocenters. The highest BCUT2D eigenvalue weighted by Gasteiger charge is 2.09. The van der Waals surface area contributed by atoms with E-state index in [9.17, 15) is 9.59 Å². The molecule has 5 nitrogen and oxygen atoms in total. The van der Waals surface area contributed by atoms with Crippen molar-refractivity contribution in [1.29, 1.82) is 0 Å². The normalized spacial score (nSPS) is 10.7. The smallest absolute Gasteiger partial charge is 0.251 e. The molecule has 1 aromatic heterocycles. The number of nitrogens with two attached hydrogens (primary N) is 1. The summed E-state index contributed by atoms with van der Waals surface area (Å²) in [5, 5.41) is 3.93. The molecule has 5 heteroatoms. The Kier molecular flexibility index (Phi) is 6.15. The molecule has 0 unspecified atom stereocenters.